The average Bonchev–Trinajstić information content (AvgIpc) is 2.25. The number of hydrogen-bond acceptors (Lipinski definition) is 3. The average molecular weight is 256 g/mol. The van der Waals surface area contributed by atoms with Crippen LogP contribution in [0.3, 0.4) is 0 Å². The molecule has 2 N–H and O–H groups in total. The largest absolute Gasteiger partial charge is 0.366 e. The van der Waals surface area contributed by atoms with Gasteiger partial charge in [-0.2, -0.15) is 0 Å². The van der Waals surface area contributed by atoms with Gasteiger partial charge in [0, 0.05) is 18.6 Å². The van der Waals surface area contributed by atoms with Crippen molar-refractivity contribution >= 4 is 5.91 Å². The van der Waals surface area contributed by atoms with Crippen LogP contribution in [-0.4, -0.2) is 41.6 Å². The Morgan fingerprint density at radius 2 is 2.11 bits per heavy atom. The van der Waals surface area contributed by atoms with E-state index in [1.807, 2.05) is 32.6 Å². The number of nitrogens with two attached hydrogens (primary N) is 1. The molecule has 1 amide bonds. The minimum atomic E-state index is -0.262. The van der Waals surface area contributed by atoms with Crippen LogP contribution in [0.15, 0.2) is 0 Å². The van der Waals surface area contributed by atoms with E-state index in [0.29, 0.717) is 6.04 Å². The Labute approximate surface area is 111 Å². The van der Waals surface area contributed by atoms with Gasteiger partial charge in [-0.05, 0) is 53.4 Å². The number of nitrogens with zero attached hydrogens (tertiary/aromatic N) is 1. The maximum Gasteiger partial charge on any atom is 0.248 e. The molecule has 2 atom stereocenters. The Balaban J connectivity index is 2.52. The van der Waals surface area contributed by atoms with Crippen LogP contribution in [0.1, 0.15) is 53.4 Å². The van der Waals surface area contributed by atoms with Gasteiger partial charge in [0.2, 0.25) is 5.91 Å². The van der Waals surface area contributed by atoms with Crippen molar-refractivity contribution in [1.29, 1.82) is 0 Å². The van der Waals surface area contributed by atoms with E-state index in [1.54, 1.807) is 0 Å². The zero-order valence-electron chi connectivity index (χ0n) is 12.2. The molecule has 0 aliphatic carbocycles. The topological polar surface area (TPSA) is 55.6 Å². The Morgan fingerprint density at radius 3 is 2.67 bits per heavy atom. The predicted octanol–water partition coefficient (Wildman–Crippen LogP) is 1.92. The highest BCUT2D eigenvalue weighted by molar-refractivity contribution is 5.78. The fourth-order valence-corrected chi connectivity index (χ4v) is 2.36. The minimum Gasteiger partial charge on any atom is -0.366 e. The van der Waals surface area contributed by atoms with Crippen molar-refractivity contribution in [1.82, 2.24) is 4.90 Å². The summed E-state index contributed by atoms with van der Waals surface area (Å²) in [6.45, 7) is 8.94. The van der Waals surface area contributed by atoms with E-state index in [9.17, 15) is 4.79 Å². The van der Waals surface area contributed by atoms with Gasteiger partial charge in [0.1, 0.15) is 6.61 Å². The highest BCUT2D eigenvalue weighted by atomic mass is 16.5. The summed E-state index contributed by atoms with van der Waals surface area (Å²) >= 11 is 0. The Hall–Kier alpha value is -0.610. The predicted molar refractivity (Wildman–Crippen MR) is 73.3 cm³/mol. The van der Waals surface area contributed by atoms with Gasteiger partial charge in [0.25, 0.3) is 0 Å². The summed E-state index contributed by atoms with van der Waals surface area (Å²) < 4.78 is 5.58. The maximum absolute atomic E-state index is 12.2. The molecule has 0 aromatic carbocycles. The first-order valence-corrected chi connectivity index (χ1v) is 6.98. The van der Waals surface area contributed by atoms with Crippen LogP contribution in [0.25, 0.3) is 0 Å². The van der Waals surface area contributed by atoms with E-state index in [1.165, 1.54) is 6.42 Å². The summed E-state index contributed by atoms with van der Waals surface area (Å²) in [5.74, 6) is 0.107. The molecule has 1 heterocycles. The smallest absolute Gasteiger partial charge is 0.248 e. The van der Waals surface area contributed by atoms with Gasteiger partial charge < -0.3 is 15.4 Å². The molecule has 0 aromatic heterocycles. The molecule has 0 aromatic rings. The van der Waals surface area contributed by atoms with Crippen molar-refractivity contribution in [3.8, 4) is 0 Å². The molecule has 0 radical (unpaired) electrons. The monoisotopic (exact) mass is 256 g/mol. The third-order valence-corrected chi connectivity index (χ3v) is 3.22. The first-order valence-electron chi connectivity index (χ1n) is 6.98. The molecular formula is C14H28N2O2. The molecule has 2 unspecified atom stereocenters. The van der Waals surface area contributed by atoms with Gasteiger partial charge in [0.05, 0.1) is 5.60 Å². The molecule has 0 saturated carbocycles. The second kappa shape index (κ2) is 6.53. The van der Waals surface area contributed by atoms with Crippen LogP contribution in [-0.2, 0) is 9.53 Å². The zero-order valence-corrected chi connectivity index (χ0v) is 12.2. The van der Waals surface area contributed by atoms with Gasteiger partial charge in [-0.25, -0.2) is 0 Å². The van der Waals surface area contributed by atoms with E-state index < -0.39 is 0 Å². The quantitative estimate of drug-likeness (QED) is 0.836. The number of hydrogen-bond donors (Lipinski definition) is 1. The normalized spacial score (nSPS) is 22.9. The number of rotatable bonds is 4. The van der Waals surface area contributed by atoms with E-state index >= 15 is 0 Å². The Kier molecular flexibility index (Phi) is 5.60. The second-order valence-electron chi connectivity index (χ2n) is 6.35. The molecule has 4 heteroatoms. The molecule has 1 rings (SSSR count). The van der Waals surface area contributed by atoms with E-state index in [0.717, 1.165) is 25.8 Å². The van der Waals surface area contributed by atoms with Gasteiger partial charge in [-0.15, -0.1) is 0 Å². The van der Waals surface area contributed by atoms with Gasteiger partial charge in [-0.1, -0.05) is 0 Å². The lowest BCUT2D eigenvalue weighted by Gasteiger charge is -2.37. The van der Waals surface area contributed by atoms with Gasteiger partial charge in [-0.3, -0.25) is 4.79 Å². The molecule has 0 spiro atoms. The van der Waals surface area contributed by atoms with Crippen LogP contribution in [0.2, 0.25) is 0 Å². The van der Waals surface area contributed by atoms with Crippen molar-refractivity contribution in [3.05, 3.63) is 0 Å². The molecule has 4 nitrogen and oxygen atoms in total. The van der Waals surface area contributed by atoms with Crippen LogP contribution in [0, 0.1) is 0 Å². The molecule has 1 saturated heterocycles. The highest BCUT2D eigenvalue weighted by Gasteiger charge is 2.28. The van der Waals surface area contributed by atoms with Crippen molar-refractivity contribution in [2.45, 2.75) is 71.1 Å². The number of carbonyl (C=O) groups excluding carboxylic acids is 1. The number of carbonyl (C=O) groups is 1. The van der Waals surface area contributed by atoms with Crippen LogP contribution < -0.4 is 5.73 Å². The Morgan fingerprint density at radius 1 is 1.44 bits per heavy atom. The molecule has 1 fully saturated rings. The Bertz CT molecular complexity index is 271. The van der Waals surface area contributed by atoms with E-state index in [-0.39, 0.29) is 24.2 Å². The summed E-state index contributed by atoms with van der Waals surface area (Å²) in [6, 6.07) is 0.446. The lowest BCUT2D eigenvalue weighted by Crippen LogP contribution is -2.47. The van der Waals surface area contributed by atoms with Gasteiger partial charge in [0.15, 0.2) is 0 Å². The number of ether oxygens (including phenoxy) is 1. The second-order valence-corrected chi connectivity index (χ2v) is 6.35. The SMILES string of the molecule is CC(N)CC1CCCCN1C(=O)COC(C)(C)C. The summed E-state index contributed by atoms with van der Waals surface area (Å²) in [6.07, 6.45) is 4.25. The van der Waals surface area contributed by atoms with Crippen molar-refractivity contribution < 1.29 is 9.53 Å². The molecule has 0 bridgehead atoms. The summed E-state index contributed by atoms with van der Waals surface area (Å²) in [4.78, 5) is 14.2. The number of likely N-dealkylation sites (tertiary alicyclic amines) is 1. The maximum atomic E-state index is 12.2. The van der Waals surface area contributed by atoms with Crippen molar-refractivity contribution in [2.75, 3.05) is 13.2 Å². The first-order chi connectivity index (χ1) is 8.29. The molecule has 106 valence electrons. The lowest BCUT2D eigenvalue weighted by molar-refractivity contribution is -0.144. The first kappa shape index (κ1) is 15.4. The third kappa shape index (κ3) is 5.36. The zero-order chi connectivity index (χ0) is 13.8. The fourth-order valence-electron chi connectivity index (χ4n) is 2.36. The highest BCUT2D eigenvalue weighted by Crippen LogP contribution is 2.21. The molecular weight excluding hydrogens is 228 g/mol. The van der Waals surface area contributed by atoms with Crippen LogP contribution in [0.5, 0.6) is 0 Å². The summed E-state index contributed by atoms with van der Waals surface area (Å²) in [7, 11) is 0. The van der Waals surface area contributed by atoms with E-state index in [4.69, 9.17) is 10.5 Å². The third-order valence-electron chi connectivity index (χ3n) is 3.22. The summed E-state index contributed by atoms with van der Waals surface area (Å²) in [5.41, 5.74) is 5.60. The standard InChI is InChI=1S/C14H28N2O2/c1-11(15)9-12-7-5-6-8-16(12)13(17)10-18-14(2,3)4/h11-12H,5-10,15H2,1-4H3. The number of piperidine rings is 1. The van der Waals surface area contributed by atoms with Crippen molar-refractivity contribution in [3.63, 3.8) is 0 Å². The number of amides is 1. The molecule has 18 heavy (non-hydrogen) atoms. The molecule has 1 aliphatic rings. The van der Waals surface area contributed by atoms with Crippen molar-refractivity contribution in [2.24, 2.45) is 5.73 Å². The van der Waals surface area contributed by atoms with E-state index in [2.05, 4.69) is 0 Å². The molecule has 1 aliphatic heterocycles. The van der Waals surface area contributed by atoms with Gasteiger partial charge >= 0.3 is 0 Å². The minimum absolute atomic E-state index is 0.107. The lowest BCUT2D eigenvalue weighted by atomic mass is 9.96. The summed E-state index contributed by atoms with van der Waals surface area (Å²) in [5, 5.41) is 0. The van der Waals surface area contributed by atoms with Crippen LogP contribution >= 0.6 is 0 Å². The fraction of sp³-hybridized carbons (Fsp3) is 0.929. The van der Waals surface area contributed by atoms with Crippen LogP contribution in [0.4, 0.5) is 0 Å².